The smallest absolute Gasteiger partial charge is 0.303 e. The monoisotopic (exact) mass is 518 g/mol. The zero-order valence-electron chi connectivity index (χ0n) is 21.5. The SMILES string of the molecule is CC(C)CCCCCCCCCOP(=O)(O)O.CC(C)CCCCCCCCOP(=O)(O)O. The Hall–Kier alpha value is 0.220. The lowest BCUT2D eigenvalue weighted by atomic mass is 10.0. The molecule has 202 valence electrons. The third-order valence-corrected chi connectivity index (χ3v) is 6.16. The van der Waals surface area contributed by atoms with Gasteiger partial charge in [0, 0.05) is 0 Å². The highest BCUT2D eigenvalue weighted by Crippen LogP contribution is 2.36. The first-order valence-electron chi connectivity index (χ1n) is 12.7. The molecule has 0 spiro atoms. The van der Waals surface area contributed by atoms with Gasteiger partial charge in [0.1, 0.15) is 0 Å². The maximum absolute atomic E-state index is 10.4. The normalized spacial score (nSPS) is 12.3. The molecule has 0 saturated heterocycles. The maximum atomic E-state index is 10.4. The first-order chi connectivity index (χ1) is 15.3. The van der Waals surface area contributed by atoms with Crippen LogP contribution in [0.3, 0.4) is 0 Å². The van der Waals surface area contributed by atoms with Crippen molar-refractivity contribution in [2.45, 2.75) is 124 Å². The topological polar surface area (TPSA) is 134 Å². The Morgan fingerprint density at radius 3 is 0.970 bits per heavy atom. The van der Waals surface area contributed by atoms with Crippen LogP contribution in [0.25, 0.3) is 0 Å². The molecule has 8 nitrogen and oxygen atoms in total. The number of hydrogen-bond acceptors (Lipinski definition) is 4. The van der Waals surface area contributed by atoms with Crippen LogP contribution in [0.1, 0.15) is 124 Å². The molecular formula is C23H52O8P2. The van der Waals surface area contributed by atoms with E-state index in [1.807, 2.05) is 0 Å². The van der Waals surface area contributed by atoms with E-state index in [0.717, 1.165) is 50.4 Å². The van der Waals surface area contributed by atoms with Crippen molar-refractivity contribution in [2.75, 3.05) is 13.2 Å². The summed E-state index contributed by atoms with van der Waals surface area (Å²) in [4.78, 5) is 33.8. The summed E-state index contributed by atoms with van der Waals surface area (Å²) in [6.45, 7) is 9.30. The molecule has 0 aromatic rings. The lowest BCUT2D eigenvalue weighted by Gasteiger charge is -2.05. The van der Waals surface area contributed by atoms with Gasteiger partial charge in [0.15, 0.2) is 0 Å². The van der Waals surface area contributed by atoms with E-state index in [0.29, 0.717) is 0 Å². The molecule has 0 fully saturated rings. The predicted molar refractivity (Wildman–Crippen MR) is 135 cm³/mol. The van der Waals surface area contributed by atoms with Gasteiger partial charge in [-0.15, -0.1) is 0 Å². The standard InChI is InChI=1S/C12H27O4P.C11H25O4P/c1-12(2)10-8-6-4-3-5-7-9-11-16-17(13,14)15;1-11(2)9-7-5-3-4-6-8-10-15-16(12,13)14/h12H,3-11H2,1-2H3,(H2,13,14,15);11H,3-10H2,1-2H3,(H2,12,13,14). The summed E-state index contributed by atoms with van der Waals surface area (Å²) in [5, 5.41) is 0. The molecule has 0 aliphatic carbocycles. The molecule has 0 rings (SSSR count). The van der Waals surface area contributed by atoms with Crippen molar-refractivity contribution in [3.05, 3.63) is 0 Å². The molecule has 33 heavy (non-hydrogen) atoms. The first-order valence-corrected chi connectivity index (χ1v) is 15.8. The number of phosphoric ester groups is 2. The third-order valence-electron chi connectivity index (χ3n) is 5.12. The van der Waals surface area contributed by atoms with Crippen molar-refractivity contribution in [3.63, 3.8) is 0 Å². The van der Waals surface area contributed by atoms with E-state index >= 15 is 0 Å². The van der Waals surface area contributed by atoms with Gasteiger partial charge in [0.05, 0.1) is 13.2 Å². The van der Waals surface area contributed by atoms with Crippen LogP contribution in [-0.2, 0) is 18.2 Å². The van der Waals surface area contributed by atoms with Gasteiger partial charge in [-0.2, -0.15) is 0 Å². The summed E-state index contributed by atoms with van der Waals surface area (Å²) >= 11 is 0. The van der Waals surface area contributed by atoms with Gasteiger partial charge in [0.2, 0.25) is 0 Å². The van der Waals surface area contributed by atoms with E-state index in [2.05, 4.69) is 36.7 Å². The summed E-state index contributed by atoms with van der Waals surface area (Å²) in [6.07, 6.45) is 17.2. The highest BCUT2D eigenvalue weighted by atomic mass is 31.2. The molecule has 0 aliphatic heterocycles. The Balaban J connectivity index is 0. The summed E-state index contributed by atoms with van der Waals surface area (Å²) in [5.74, 6) is 1.59. The summed E-state index contributed by atoms with van der Waals surface area (Å²) in [7, 11) is -8.49. The largest absolute Gasteiger partial charge is 0.469 e. The van der Waals surface area contributed by atoms with Crippen molar-refractivity contribution < 1.29 is 37.8 Å². The molecular weight excluding hydrogens is 466 g/mol. The zero-order chi connectivity index (χ0) is 25.6. The molecule has 0 unspecified atom stereocenters. The van der Waals surface area contributed by atoms with Crippen molar-refractivity contribution in [3.8, 4) is 0 Å². The molecule has 10 heteroatoms. The fraction of sp³-hybridized carbons (Fsp3) is 1.00. The van der Waals surface area contributed by atoms with Gasteiger partial charge in [-0.1, -0.05) is 111 Å². The van der Waals surface area contributed by atoms with E-state index in [1.54, 1.807) is 0 Å². The minimum absolute atomic E-state index is 0.163. The fourth-order valence-electron chi connectivity index (χ4n) is 3.27. The Morgan fingerprint density at radius 1 is 0.485 bits per heavy atom. The van der Waals surface area contributed by atoms with Crippen molar-refractivity contribution in [1.82, 2.24) is 0 Å². The zero-order valence-corrected chi connectivity index (χ0v) is 23.3. The van der Waals surface area contributed by atoms with Crippen LogP contribution < -0.4 is 0 Å². The Kier molecular flexibility index (Phi) is 24.3. The van der Waals surface area contributed by atoms with Crippen molar-refractivity contribution >= 4 is 15.6 Å². The summed E-state index contributed by atoms with van der Waals surface area (Å²) in [5.41, 5.74) is 0. The Labute approximate surface area is 202 Å². The summed E-state index contributed by atoms with van der Waals surface area (Å²) in [6, 6.07) is 0. The summed E-state index contributed by atoms with van der Waals surface area (Å²) < 4.78 is 29.4. The van der Waals surface area contributed by atoms with Gasteiger partial charge >= 0.3 is 15.6 Å². The van der Waals surface area contributed by atoms with Crippen LogP contribution in [0.2, 0.25) is 0 Å². The van der Waals surface area contributed by atoms with Gasteiger partial charge < -0.3 is 19.6 Å². The second-order valence-electron chi connectivity index (χ2n) is 9.61. The van der Waals surface area contributed by atoms with E-state index in [1.165, 1.54) is 57.8 Å². The quantitative estimate of drug-likeness (QED) is 0.0915. The number of phosphoric acid groups is 2. The second kappa shape index (κ2) is 22.7. The molecule has 0 bridgehead atoms. The Morgan fingerprint density at radius 2 is 0.727 bits per heavy atom. The van der Waals surface area contributed by atoms with Gasteiger partial charge in [-0.25, -0.2) is 9.13 Å². The van der Waals surface area contributed by atoms with Crippen LogP contribution in [-0.4, -0.2) is 32.8 Å². The first kappa shape index (κ1) is 35.4. The van der Waals surface area contributed by atoms with Crippen LogP contribution >= 0.6 is 15.6 Å². The third kappa shape index (κ3) is 39.7. The maximum Gasteiger partial charge on any atom is 0.469 e. The molecule has 4 N–H and O–H groups in total. The van der Waals surface area contributed by atoms with Gasteiger partial charge in [-0.3, -0.25) is 9.05 Å². The van der Waals surface area contributed by atoms with E-state index < -0.39 is 15.6 Å². The average molecular weight is 519 g/mol. The lowest BCUT2D eigenvalue weighted by molar-refractivity contribution is 0.191. The number of hydrogen-bond donors (Lipinski definition) is 4. The van der Waals surface area contributed by atoms with Crippen molar-refractivity contribution in [1.29, 1.82) is 0 Å². The average Bonchev–Trinajstić information content (AvgIpc) is 2.66. The highest BCUT2D eigenvalue weighted by Gasteiger charge is 2.12. The second-order valence-corrected chi connectivity index (χ2v) is 12.1. The Bertz CT molecular complexity index is 503. The molecule has 0 aromatic heterocycles. The fourth-order valence-corrected chi connectivity index (χ4v) is 4.00. The minimum atomic E-state index is -4.25. The number of unbranched alkanes of at least 4 members (excludes halogenated alkanes) is 11. The van der Waals surface area contributed by atoms with E-state index in [-0.39, 0.29) is 13.2 Å². The highest BCUT2D eigenvalue weighted by molar-refractivity contribution is 7.46. The molecule has 0 saturated carbocycles. The molecule has 0 atom stereocenters. The predicted octanol–water partition coefficient (Wildman–Crippen LogP) is 7.35. The number of rotatable bonds is 21. The van der Waals surface area contributed by atoms with Crippen LogP contribution in [0.15, 0.2) is 0 Å². The van der Waals surface area contributed by atoms with Crippen LogP contribution in [0, 0.1) is 11.8 Å². The molecule has 0 heterocycles. The molecule has 0 aromatic carbocycles. The minimum Gasteiger partial charge on any atom is -0.303 e. The molecule has 0 aliphatic rings. The molecule has 0 amide bonds. The molecule has 0 radical (unpaired) electrons. The lowest BCUT2D eigenvalue weighted by Crippen LogP contribution is -1.92. The van der Waals surface area contributed by atoms with Gasteiger partial charge in [0.25, 0.3) is 0 Å². The van der Waals surface area contributed by atoms with Gasteiger partial charge in [-0.05, 0) is 24.7 Å². The van der Waals surface area contributed by atoms with Crippen LogP contribution in [0.5, 0.6) is 0 Å². The van der Waals surface area contributed by atoms with E-state index in [4.69, 9.17) is 19.6 Å². The van der Waals surface area contributed by atoms with Crippen LogP contribution in [0.4, 0.5) is 0 Å². The van der Waals surface area contributed by atoms with E-state index in [9.17, 15) is 9.13 Å². The van der Waals surface area contributed by atoms with Crippen molar-refractivity contribution in [2.24, 2.45) is 11.8 Å².